The average Bonchev–Trinajstić information content (AvgIpc) is 2.60. The zero-order valence-electron chi connectivity index (χ0n) is 9.54. The number of hydrogen-bond acceptors (Lipinski definition) is 3. The first-order valence-corrected chi connectivity index (χ1v) is 6.71. The first-order valence-electron chi connectivity index (χ1n) is 5.10. The van der Waals surface area contributed by atoms with Crippen LogP contribution in [0.1, 0.15) is 16.0 Å². The number of anilines is 1. The van der Waals surface area contributed by atoms with E-state index in [9.17, 15) is 0 Å². The molecule has 17 heavy (non-hydrogen) atoms. The van der Waals surface area contributed by atoms with Gasteiger partial charge < -0.3 is 5.73 Å². The van der Waals surface area contributed by atoms with Crippen molar-refractivity contribution in [1.29, 1.82) is 5.26 Å². The van der Waals surface area contributed by atoms with Crippen molar-refractivity contribution in [1.82, 2.24) is 0 Å². The summed E-state index contributed by atoms with van der Waals surface area (Å²) in [5.74, 6) is 0. The number of aryl methyl sites for hydroxylation is 1. The van der Waals surface area contributed by atoms with Gasteiger partial charge >= 0.3 is 0 Å². The highest BCUT2D eigenvalue weighted by molar-refractivity contribution is 9.10. The Labute approximate surface area is 113 Å². The lowest BCUT2D eigenvalue weighted by Crippen LogP contribution is -1.87. The Morgan fingerprint density at radius 1 is 1.35 bits per heavy atom. The summed E-state index contributed by atoms with van der Waals surface area (Å²) in [6.07, 6.45) is 0. The quantitative estimate of drug-likeness (QED) is 0.856. The molecule has 0 spiro atoms. The summed E-state index contributed by atoms with van der Waals surface area (Å²) in [6.45, 7) is 4.00. The molecule has 2 N–H and O–H groups in total. The molecule has 0 saturated carbocycles. The summed E-state index contributed by atoms with van der Waals surface area (Å²) < 4.78 is 1.09. The van der Waals surface area contributed by atoms with E-state index in [4.69, 9.17) is 11.0 Å². The van der Waals surface area contributed by atoms with E-state index >= 15 is 0 Å². The zero-order chi connectivity index (χ0) is 12.6. The molecule has 0 unspecified atom stereocenters. The Hall–Kier alpha value is -1.31. The lowest BCUT2D eigenvalue weighted by molar-refractivity contribution is 1.42. The van der Waals surface area contributed by atoms with Gasteiger partial charge in [0.2, 0.25) is 0 Å². The molecule has 0 aliphatic rings. The predicted molar refractivity (Wildman–Crippen MR) is 76.1 cm³/mol. The Kier molecular flexibility index (Phi) is 3.23. The molecule has 0 aliphatic heterocycles. The number of nitriles is 1. The monoisotopic (exact) mass is 306 g/mol. The molecule has 1 heterocycles. The van der Waals surface area contributed by atoms with Crippen LogP contribution in [0.2, 0.25) is 0 Å². The van der Waals surface area contributed by atoms with Gasteiger partial charge in [0.05, 0.1) is 5.69 Å². The molecule has 0 amide bonds. The molecule has 2 rings (SSSR count). The van der Waals surface area contributed by atoms with Crippen LogP contribution in [0.25, 0.3) is 10.4 Å². The third kappa shape index (κ3) is 2.08. The number of nitrogens with two attached hydrogens (primary N) is 1. The fraction of sp³-hybridized carbons (Fsp3) is 0.154. The molecular formula is C13H11BrN2S. The van der Waals surface area contributed by atoms with Crippen LogP contribution < -0.4 is 5.73 Å². The maximum Gasteiger partial charge on any atom is 0.128 e. The van der Waals surface area contributed by atoms with Gasteiger partial charge in [0.15, 0.2) is 0 Å². The van der Waals surface area contributed by atoms with Gasteiger partial charge in [0.25, 0.3) is 0 Å². The summed E-state index contributed by atoms with van der Waals surface area (Å²) in [4.78, 5) is 1.67. The van der Waals surface area contributed by atoms with E-state index in [1.54, 1.807) is 0 Å². The van der Waals surface area contributed by atoms with Gasteiger partial charge in [-0.3, -0.25) is 0 Å². The molecule has 0 radical (unpaired) electrons. The van der Waals surface area contributed by atoms with Crippen molar-refractivity contribution in [2.24, 2.45) is 0 Å². The molecule has 86 valence electrons. The molecule has 1 aromatic heterocycles. The lowest BCUT2D eigenvalue weighted by Gasteiger charge is -2.03. The third-order valence-corrected chi connectivity index (χ3v) is 4.87. The number of nitrogen functional groups attached to an aromatic ring is 1. The standard InChI is InChI=1S/C13H11BrN2S/c1-7-5-9(3-4-10(7)14)13-8(2)12(16)11(6-15)17-13/h3-5H,16H2,1-2H3. The van der Waals surface area contributed by atoms with Crippen LogP contribution in [-0.2, 0) is 0 Å². The molecule has 1 aromatic carbocycles. The summed E-state index contributed by atoms with van der Waals surface area (Å²) in [5, 5.41) is 8.97. The van der Waals surface area contributed by atoms with E-state index < -0.39 is 0 Å². The van der Waals surface area contributed by atoms with Crippen LogP contribution in [0, 0.1) is 25.2 Å². The Bertz CT molecular complexity index is 623. The molecule has 2 aromatic rings. The van der Waals surface area contributed by atoms with Crippen LogP contribution in [0.15, 0.2) is 22.7 Å². The number of halogens is 1. The van der Waals surface area contributed by atoms with Crippen LogP contribution in [0.3, 0.4) is 0 Å². The SMILES string of the molecule is Cc1cc(-c2sc(C#N)c(N)c2C)ccc1Br. The van der Waals surface area contributed by atoms with E-state index in [-0.39, 0.29) is 0 Å². The second kappa shape index (κ2) is 4.52. The van der Waals surface area contributed by atoms with Crippen molar-refractivity contribution in [3.63, 3.8) is 0 Å². The Morgan fingerprint density at radius 3 is 2.59 bits per heavy atom. The van der Waals surface area contributed by atoms with E-state index in [0.29, 0.717) is 10.6 Å². The van der Waals surface area contributed by atoms with Crippen molar-refractivity contribution >= 4 is 33.0 Å². The van der Waals surface area contributed by atoms with Gasteiger partial charge in [-0.1, -0.05) is 22.0 Å². The van der Waals surface area contributed by atoms with Gasteiger partial charge in [0, 0.05) is 9.35 Å². The predicted octanol–water partition coefficient (Wildman–Crippen LogP) is 4.25. The van der Waals surface area contributed by atoms with Gasteiger partial charge in [-0.2, -0.15) is 5.26 Å². The number of rotatable bonds is 1. The molecule has 2 nitrogen and oxygen atoms in total. The van der Waals surface area contributed by atoms with Gasteiger partial charge in [-0.05, 0) is 42.7 Å². The fourth-order valence-electron chi connectivity index (χ4n) is 1.67. The van der Waals surface area contributed by atoms with Crippen molar-refractivity contribution in [2.75, 3.05) is 5.73 Å². The molecule has 0 bridgehead atoms. The van der Waals surface area contributed by atoms with Crippen molar-refractivity contribution in [3.8, 4) is 16.5 Å². The van der Waals surface area contributed by atoms with Gasteiger partial charge in [-0.15, -0.1) is 11.3 Å². The van der Waals surface area contributed by atoms with Gasteiger partial charge in [0.1, 0.15) is 10.9 Å². The lowest BCUT2D eigenvalue weighted by atomic mass is 10.1. The maximum atomic E-state index is 8.97. The normalized spacial score (nSPS) is 10.2. The smallest absolute Gasteiger partial charge is 0.128 e. The second-order valence-electron chi connectivity index (χ2n) is 3.87. The highest BCUT2D eigenvalue weighted by Gasteiger charge is 2.13. The first-order chi connectivity index (χ1) is 8.04. The number of nitrogens with zero attached hydrogens (tertiary/aromatic N) is 1. The van der Waals surface area contributed by atoms with Crippen molar-refractivity contribution in [2.45, 2.75) is 13.8 Å². The third-order valence-electron chi connectivity index (χ3n) is 2.72. The highest BCUT2D eigenvalue weighted by atomic mass is 79.9. The molecule has 0 saturated heterocycles. The van der Waals surface area contributed by atoms with Gasteiger partial charge in [-0.25, -0.2) is 0 Å². The first kappa shape index (κ1) is 12.2. The molecule has 0 fully saturated rings. The molecule has 0 aliphatic carbocycles. The van der Waals surface area contributed by atoms with E-state index in [1.165, 1.54) is 16.9 Å². The maximum absolute atomic E-state index is 8.97. The average molecular weight is 307 g/mol. The fourth-order valence-corrected chi connectivity index (χ4v) is 2.94. The van der Waals surface area contributed by atoms with Crippen LogP contribution in [0.4, 0.5) is 5.69 Å². The van der Waals surface area contributed by atoms with Crippen molar-refractivity contribution in [3.05, 3.63) is 38.7 Å². The highest BCUT2D eigenvalue weighted by Crippen LogP contribution is 2.38. The van der Waals surface area contributed by atoms with Crippen LogP contribution >= 0.6 is 27.3 Å². The zero-order valence-corrected chi connectivity index (χ0v) is 11.9. The molecular weight excluding hydrogens is 296 g/mol. The van der Waals surface area contributed by atoms with Crippen LogP contribution in [0.5, 0.6) is 0 Å². The van der Waals surface area contributed by atoms with E-state index in [0.717, 1.165) is 20.5 Å². The van der Waals surface area contributed by atoms with E-state index in [1.807, 2.05) is 26.0 Å². The number of hydrogen-bond donors (Lipinski definition) is 1. The number of thiophene rings is 1. The summed E-state index contributed by atoms with van der Waals surface area (Å²) in [7, 11) is 0. The summed E-state index contributed by atoms with van der Waals surface area (Å²) in [6, 6.07) is 8.30. The second-order valence-corrected chi connectivity index (χ2v) is 5.75. The molecule has 0 atom stereocenters. The number of benzene rings is 1. The minimum atomic E-state index is 0.595. The summed E-state index contributed by atoms with van der Waals surface area (Å²) in [5.41, 5.74) is 9.78. The van der Waals surface area contributed by atoms with Crippen LogP contribution in [-0.4, -0.2) is 0 Å². The largest absolute Gasteiger partial charge is 0.397 e. The Morgan fingerprint density at radius 2 is 2.06 bits per heavy atom. The van der Waals surface area contributed by atoms with E-state index in [2.05, 4.69) is 28.1 Å². The molecule has 4 heteroatoms. The summed E-state index contributed by atoms with van der Waals surface area (Å²) >= 11 is 4.93. The minimum absolute atomic E-state index is 0.595. The topological polar surface area (TPSA) is 49.8 Å². The Balaban J connectivity index is 2.61. The minimum Gasteiger partial charge on any atom is -0.397 e. The van der Waals surface area contributed by atoms with Crippen molar-refractivity contribution < 1.29 is 0 Å².